The summed E-state index contributed by atoms with van der Waals surface area (Å²) in [5.41, 5.74) is 10.1. The fraction of sp³-hybridized carbons (Fsp3) is 0.364. The molecule has 0 aromatic heterocycles. The van der Waals surface area contributed by atoms with Crippen LogP contribution in [0.2, 0.25) is 0 Å². The van der Waals surface area contributed by atoms with Crippen LogP contribution in [0.1, 0.15) is 36.5 Å². The molecule has 3 aliphatic heterocycles. The first-order valence-electron chi connectivity index (χ1n) is 9.94. The van der Waals surface area contributed by atoms with Gasteiger partial charge >= 0.3 is 5.97 Å². The zero-order valence-electron chi connectivity index (χ0n) is 16.5. The number of likely N-dealkylation sites (N-methyl/N-ethyl adjacent to an activating group) is 1. The van der Waals surface area contributed by atoms with Gasteiger partial charge in [0.25, 0.3) is 0 Å². The number of nitrogens with zero attached hydrogens (tertiary/aromatic N) is 3. The number of carbonyl (C=O) groups is 1. The van der Waals surface area contributed by atoms with E-state index >= 15 is 0 Å². The van der Waals surface area contributed by atoms with Crippen molar-refractivity contribution in [2.24, 2.45) is 11.0 Å². The van der Waals surface area contributed by atoms with Gasteiger partial charge in [-0.1, -0.05) is 6.08 Å². The fourth-order valence-corrected chi connectivity index (χ4v) is 4.72. The first kappa shape index (κ1) is 18.1. The van der Waals surface area contributed by atoms with Crippen molar-refractivity contribution in [2.75, 3.05) is 26.7 Å². The van der Waals surface area contributed by atoms with Crippen molar-refractivity contribution in [2.45, 2.75) is 19.8 Å². The van der Waals surface area contributed by atoms with Crippen LogP contribution in [0, 0.1) is 11.7 Å². The Morgan fingerprint density at radius 1 is 1.28 bits per heavy atom. The molecule has 0 amide bonds. The van der Waals surface area contributed by atoms with Gasteiger partial charge in [-0.15, -0.1) is 5.06 Å². The largest absolute Gasteiger partial charge is 0.376 e. The molecule has 0 unspecified atom stereocenters. The minimum Gasteiger partial charge on any atom is -0.376 e. The molecule has 7 heteroatoms. The van der Waals surface area contributed by atoms with Crippen LogP contribution >= 0.6 is 0 Å². The van der Waals surface area contributed by atoms with E-state index in [4.69, 9.17) is 4.84 Å². The van der Waals surface area contributed by atoms with Gasteiger partial charge in [-0.05, 0) is 53.7 Å². The molecule has 0 radical (unpaired) electrons. The second-order valence-corrected chi connectivity index (χ2v) is 8.00. The minimum atomic E-state index is -0.280. The van der Waals surface area contributed by atoms with Crippen LogP contribution in [-0.2, 0) is 9.63 Å². The van der Waals surface area contributed by atoms with Crippen molar-refractivity contribution in [3.05, 3.63) is 58.2 Å². The van der Waals surface area contributed by atoms with E-state index in [1.54, 1.807) is 17.2 Å². The van der Waals surface area contributed by atoms with Gasteiger partial charge in [-0.25, -0.2) is 4.39 Å². The van der Waals surface area contributed by atoms with Crippen LogP contribution in [0.15, 0.2) is 40.8 Å². The molecule has 0 atom stereocenters. The number of fused-ring (bicyclic) bond motifs is 2. The number of hydrazone groups is 1. The number of nitrogens with one attached hydrogen (secondary N) is 1. The number of hydroxylamine groups is 2. The van der Waals surface area contributed by atoms with Gasteiger partial charge in [-0.2, -0.15) is 5.10 Å². The molecule has 1 aliphatic carbocycles. The fourth-order valence-electron chi connectivity index (χ4n) is 4.72. The third-order valence-corrected chi connectivity index (χ3v) is 5.95. The van der Waals surface area contributed by atoms with Crippen LogP contribution < -0.4 is 5.43 Å². The van der Waals surface area contributed by atoms with Gasteiger partial charge in [0.15, 0.2) is 0 Å². The Morgan fingerprint density at radius 2 is 2.07 bits per heavy atom. The van der Waals surface area contributed by atoms with Gasteiger partial charge in [0.1, 0.15) is 5.82 Å². The molecule has 1 fully saturated rings. The van der Waals surface area contributed by atoms with Gasteiger partial charge in [0, 0.05) is 50.9 Å². The lowest BCUT2D eigenvalue weighted by Gasteiger charge is -2.36. The van der Waals surface area contributed by atoms with E-state index < -0.39 is 0 Å². The van der Waals surface area contributed by atoms with Crippen LogP contribution in [-0.4, -0.2) is 48.3 Å². The van der Waals surface area contributed by atoms with Crippen molar-refractivity contribution in [3.63, 3.8) is 0 Å². The quantitative estimate of drug-likeness (QED) is 0.836. The number of hydrogen-bond acceptors (Lipinski definition) is 6. The Labute approximate surface area is 169 Å². The van der Waals surface area contributed by atoms with E-state index in [0.29, 0.717) is 19.0 Å². The molecule has 5 rings (SSSR count). The summed E-state index contributed by atoms with van der Waals surface area (Å²) in [7, 11) is 2.04. The zero-order chi connectivity index (χ0) is 20.1. The first-order valence-corrected chi connectivity index (χ1v) is 9.94. The Balaban J connectivity index is 1.53. The molecule has 150 valence electrons. The smallest absolute Gasteiger partial charge is 0.322 e. The molecule has 1 N–H and O–H groups in total. The van der Waals surface area contributed by atoms with Crippen molar-refractivity contribution in [1.29, 1.82) is 0 Å². The number of halogens is 1. The van der Waals surface area contributed by atoms with E-state index in [2.05, 4.69) is 21.6 Å². The number of carbonyl (C=O) groups excluding carboxylic acids is 1. The average Bonchev–Trinajstić information content (AvgIpc) is 3.01. The van der Waals surface area contributed by atoms with Gasteiger partial charge in [0.2, 0.25) is 0 Å². The monoisotopic (exact) mass is 394 g/mol. The Kier molecular flexibility index (Phi) is 4.28. The molecule has 0 saturated carbocycles. The topological polar surface area (TPSA) is 57.2 Å². The summed E-state index contributed by atoms with van der Waals surface area (Å²) in [6.45, 7) is 3.63. The molecular formula is C22H23FN4O2. The lowest BCUT2D eigenvalue weighted by atomic mass is 9.83. The maximum absolute atomic E-state index is 14.4. The van der Waals surface area contributed by atoms with Crippen molar-refractivity contribution >= 4 is 23.3 Å². The highest BCUT2D eigenvalue weighted by Gasteiger charge is 2.33. The number of allylic oxidation sites excluding steroid dienone is 2. The Bertz CT molecular complexity index is 1020. The summed E-state index contributed by atoms with van der Waals surface area (Å²) in [5, 5.41) is 6.37. The van der Waals surface area contributed by atoms with E-state index in [-0.39, 0.29) is 11.8 Å². The summed E-state index contributed by atoms with van der Waals surface area (Å²) in [6, 6.07) is 3.17. The van der Waals surface area contributed by atoms with Gasteiger partial charge in [0.05, 0.1) is 11.4 Å². The third-order valence-electron chi connectivity index (χ3n) is 5.95. The molecular weight excluding hydrogens is 371 g/mol. The van der Waals surface area contributed by atoms with Gasteiger partial charge < -0.3 is 9.74 Å². The lowest BCUT2D eigenvalue weighted by Crippen LogP contribution is -2.38. The second kappa shape index (κ2) is 6.84. The van der Waals surface area contributed by atoms with Crippen molar-refractivity contribution in [1.82, 2.24) is 15.4 Å². The summed E-state index contributed by atoms with van der Waals surface area (Å²) in [4.78, 5) is 18.6. The summed E-state index contributed by atoms with van der Waals surface area (Å²) < 4.78 is 14.4. The Morgan fingerprint density at radius 3 is 2.83 bits per heavy atom. The maximum Gasteiger partial charge on any atom is 0.322 e. The molecule has 1 aromatic carbocycles. The highest BCUT2D eigenvalue weighted by molar-refractivity contribution is 6.20. The molecule has 1 saturated heterocycles. The molecule has 29 heavy (non-hydrogen) atoms. The van der Waals surface area contributed by atoms with E-state index in [0.717, 1.165) is 53.1 Å². The molecule has 3 heterocycles. The second-order valence-electron chi connectivity index (χ2n) is 8.00. The number of benzene rings is 1. The SMILES string of the molecule is CC(=O)ON1CCC(C2=C3NN=C4C=Cc5cc(F)cc(c54)C3=CN(C)C2)CC1. The summed E-state index contributed by atoms with van der Waals surface area (Å²) >= 11 is 0. The van der Waals surface area contributed by atoms with E-state index in [9.17, 15) is 9.18 Å². The van der Waals surface area contributed by atoms with E-state index in [1.807, 2.05) is 19.2 Å². The molecule has 0 bridgehead atoms. The van der Waals surface area contributed by atoms with Crippen LogP contribution in [0.5, 0.6) is 0 Å². The van der Waals surface area contributed by atoms with E-state index in [1.165, 1.54) is 12.5 Å². The highest BCUT2D eigenvalue weighted by atomic mass is 19.1. The molecule has 0 spiro atoms. The van der Waals surface area contributed by atoms with Crippen LogP contribution in [0.4, 0.5) is 4.39 Å². The van der Waals surface area contributed by atoms with Crippen molar-refractivity contribution in [3.8, 4) is 0 Å². The predicted octanol–water partition coefficient (Wildman–Crippen LogP) is 2.89. The van der Waals surface area contributed by atoms with Crippen LogP contribution in [0.3, 0.4) is 0 Å². The highest BCUT2D eigenvalue weighted by Crippen LogP contribution is 2.40. The Hall–Kier alpha value is -2.93. The zero-order valence-corrected chi connectivity index (χ0v) is 16.5. The summed E-state index contributed by atoms with van der Waals surface area (Å²) in [5.74, 6) is -0.171. The number of piperidine rings is 1. The lowest BCUT2D eigenvalue weighted by molar-refractivity contribution is -0.193. The van der Waals surface area contributed by atoms with Gasteiger partial charge in [-0.3, -0.25) is 10.2 Å². The first-order chi connectivity index (χ1) is 14.0. The third kappa shape index (κ3) is 3.15. The minimum absolute atomic E-state index is 0.240. The molecule has 4 aliphatic rings. The standard InChI is InChI=1S/C22H23FN4O2/c1-13(28)29-27-7-5-14(6-8-27)18-11-26(2)12-19-17-10-16(23)9-15-3-4-20(21(15)17)24-25-22(18)19/h3-4,9-10,12,14,25H,5-8,11H2,1-2H3. The van der Waals surface area contributed by atoms with Crippen molar-refractivity contribution < 1.29 is 14.0 Å². The maximum atomic E-state index is 14.4. The normalized spacial score (nSPS) is 21.1. The number of rotatable bonds is 2. The van der Waals surface area contributed by atoms with Crippen LogP contribution in [0.25, 0.3) is 11.6 Å². The number of hydrogen-bond donors (Lipinski definition) is 1. The molecule has 1 aromatic rings. The summed E-state index contributed by atoms with van der Waals surface area (Å²) in [6.07, 6.45) is 7.71. The average molecular weight is 394 g/mol. The molecule has 6 nitrogen and oxygen atoms in total. The predicted molar refractivity (Wildman–Crippen MR) is 109 cm³/mol.